The average Bonchev–Trinajstić information content (AvgIpc) is 2.56. The maximum atomic E-state index is 12.3. The van der Waals surface area contributed by atoms with Crippen LogP contribution >= 0.6 is 15.9 Å². The fraction of sp³-hybridized carbons (Fsp3) is 0.562. The molecule has 2 aliphatic heterocycles. The molecule has 120 valence electrons. The highest BCUT2D eigenvalue weighted by Crippen LogP contribution is 2.24. The van der Waals surface area contributed by atoms with Crippen LogP contribution < -0.4 is 0 Å². The number of rotatable bonds is 3. The number of morpholine rings is 2. The van der Waals surface area contributed by atoms with Crippen LogP contribution in [0.5, 0.6) is 0 Å². The van der Waals surface area contributed by atoms with Crippen molar-refractivity contribution in [2.75, 3.05) is 52.5 Å². The van der Waals surface area contributed by atoms with Crippen LogP contribution in [-0.4, -0.2) is 68.3 Å². The smallest absolute Gasteiger partial charge is 0.236 e. The molecule has 0 aliphatic carbocycles. The van der Waals surface area contributed by atoms with Gasteiger partial charge in [-0.15, -0.1) is 0 Å². The van der Waals surface area contributed by atoms with Gasteiger partial charge in [0.1, 0.15) is 0 Å². The third kappa shape index (κ3) is 4.07. The molecule has 5 nitrogen and oxygen atoms in total. The van der Waals surface area contributed by atoms with Gasteiger partial charge in [0.15, 0.2) is 0 Å². The minimum Gasteiger partial charge on any atom is -0.378 e. The Bertz CT molecular complexity index is 520. The highest BCUT2D eigenvalue weighted by atomic mass is 79.9. The van der Waals surface area contributed by atoms with Crippen molar-refractivity contribution in [3.8, 4) is 0 Å². The summed E-state index contributed by atoms with van der Waals surface area (Å²) in [5.74, 6) is 0.193. The van der Waals surface area contributed by atoms with E-state index < -0.39 is 0 Å². The van der Waals surface area contributed by atoms with Crippen molar-refractivity contribution in [2.24, 2.45) is 0 Å². The Balaban J connectivity index is 1.57. The molecule has 22 heavy (non-hydrogen) atoms. The van der Waals surface area contributed by atoms with Crippen molar-refractivity contribution < 1.29 is 14.3 Å². The topological polar surface area (TPSA) is 42.0 Å². The van der Waals surface area contributed by atoms with Gasteiger partial charge < -0.3 is 14.4 Å². The van der Waals surface area contributed by atoms with E-state index in [4.69, 9.17) is 9.47 Å². The van der Waals surface area contributed by atoms with Crippen molar-refractivity contribution in [3.63, 3.8) is 0 Å². The molecule has 2 saturated heterocycles. The average molecular weight is 369 g/mol. The normalized spacial score (nSPS) is 23.5. The second-order valence-electron chi connectivity index (χ2n) is 5.64. The van der Waals surface area contributed by atoms with Gasteiger partial charge in [0.25, 0.3) is 0 Å². The van der Waals surface area contributed by atoms with Gasteiger partial charge in [0.05, 0.1) is 32.5 Å². The zero-order chi connectivity index (χ0) is 15.4. The lowest BCUT2D eigenvalue weighted by Crippen LogP contribution is -2.48. The number of carbonyl (C=O) groups is 1. The lowest BCUT2D eigenvalue weighted by Gasteiger charge is -2.35. The quantitative estimate of drug-likeness (QED) is 0.813. The van der Waals surface area contributed by atoms with Gasteiger partial charge in [-0.2, -0.15) is 0 Å². The first kappa shape index (κ1) is 15.9. The van der Waals surface area contributed by atoms with Crippen LogP contribution in [0.15, 0.2) is 28.7 Å². The van der Waals surface area contributed by atoms with E-state index in [9.17, 15) is 4.79 Å². The second kappa shape index (κ2) is 7.55. The van der Waals surface area contributed by atoms with Crippen molar-refractivity contribution in [3.05, 3.63) is 34.3 Å². The molecule has 2 fully saturated rings. The molecular formula is C16H21BrN2O3. The second-order valence-corrected chi connectivity index (χ2v) is 6.56. The van der Waals surface area contributed by atoms with E-state index in [1.54, 1.807) is 0 Å². The fourth-order valence-electron chi connectivity index (χ4n) is 2.86. The summed E-state index contributed by atoms with van der Waals surface area (Å²) in [5.41, 5.74) is 1.15. The first-order valence-electron chi connectivity index (χ1n) is 7.67. The molecule has 0 saturated carbocycles. The number of halogens is 1. The molecule has 3 rings (SSSR count). The van der Waals surface area contributed by atoms with Crippen LogP contribution in [0.2, 0.25) is 0 Å². The van der Waals surface area contributed by atoms with Crippen LogP contribution in [-0.2, 0) is 14.3 Å². The molecule has 0 N–H and O–H groups in total. The minimum atomic E-state index is 0.0312. The molecule has 0 radical (unpaired) electrons. The summed E-state index contributed by atoms with van der Waals surface area (Å²) in [6.07, 6.45) is 0.0312. The summed E-state index contributed by atoms with van der Waals surface area (Å²) in [6, 6.07) is 8.17. The number of amides is 1. The number of carbonyl (C=O) groups excluding carboxylic acids is 1. The zero-order valence-electron chi connectivity index (χ0n) is 12.5. The molecule has 1 unspecified atom stereocenters. The Hall–Kier alpha value is -0.950. The third-order valence-electron chi connectivity index (χ3n) is 4.09. The van der Waals surface area contributed by atoms with Crippen molar-refractivity contribution >= 4 is 21.8 Å². The van der Waals surface area contributed by atoms with Crippen LogP contribution in [0.3, 0.4) is 0 Å². The standard InChI is InChI=1S/C16H21BrN2O3/c17-14-3-1-2-13(10-14)15-11-18(4-9-22-15)12-16(20)19-5-7-21-8-6-19/h1-3,10,15H,4-9,11-12H2. The summed E-state index contributed by atoms with van der Waals surface area (Å²) >= 11 is 3.49. The van der Waals surface area contributed by atoms with Gasteiger partial charge in [0, 0.05) is 30.7 Å². The maximum Gasteiger partial charge on any atom is 0.236 e. The van der Waals surface area contributed by atoms with Crippen molar-refractivity contribution in [2.45, 2.75) is 6.10 Å². The van der Waals surface area contributed by atoms with Crippen LogP contribution in [0.25, 0.3) is 0 Å². The summed E-state index contributed by atoms with van der Waals surface area (Å²) in [7, 11) is 0. The summed E-state index contributed by atoms with van der Waals surface area (Å²) in [4.78, 5) is 16.4. The van der Waals surface area contributed by atoms with Gasteiger partial charge in [-0.3, -0.25) is 9.69 Å². The van der Waals surface area contributed by atoms with Crippen molar-refractivity contribution in [1.29, 1.82) is 0 Å². The molecule has 0 aromatic heterocycles. The zero-order valence-corrected chi connectivity index (χ0v) is 14.1. The number of ether oxygens (including phenoxy) is 2. The third-order valence-corrected chi connectivity index (χ3v) is 4.59. The molecule has 1 atom stereocenters. The van der Waals surface area contributed by atoms with E-state index >= 15 is 0 Å². The van der Waals surface area contributed by atoms with E-state index in [0.29, 0.717) is 39.5 Å². The van der Waals surface area contributed by atoms with Gasteiger partial charge in [0.2, 0.25) is 5.91 Å². The van der Waals surface area contributed by atoms with Crippen LogP contribution in [0, 0.1) is 0 Å². The Kier molecular flexibility index (Phi) is 5.46. The summed E-state index contributed by atoms with van der Waals surface area (Å²) < 4.78 is 12.2. The summed E-state index contributed by atoms with van der Waals surface area (Å²) in [5, 5.41) is 0. The van der Waals surface area contributed by atoms with Crippen molar-refractivity contribution in [1.82, 2.24) is 9.80 Å². The Morgan fingerprint density at radius 1 is 1.23 bits per heavy atom. The van der Waals surface area contributed by atoms with Gasteiger partial charge in [-0.05, 0) is 17.7 Å². The molecule has 0 spiro atoms. The lowest BCUT2D eigenvalue weighted by molar-refractivity contribution is -0.138. The predicted octanol–water partition coefficient (Wildman–Crippen LogP) is 1.68. The Morgan fingerprint density at radius 2 is 2.05 bits per heavy atom. The van der Waals surface area contributed by atoms with E-state index in [-0.39, 0.29) is 12.0 Å². The molecule has 0 bridgehead atoms. The molecule has 1 aromatic rings. The predicted molar refractivity (Wildman–Crippen MR) is 86.7 cm³/mol. The van der Waals surface area contributed by atoms with Gasteiger partial charge in [-0.1, -0.05) is 28.1 Å². The number of nitrogens with zero attached hydrogens (tertiary/aromatic N) is 2. The number of benzene rings is 1. The van der Waals surface area contributed by atoms with E-state index in [0.717, 1.165) is 23.1 Å². The Morgan fingerprint density at radius 3 is 2.82 bits per heavy atom. The minimum absolute atomic E-state index is 0.0312. The Labute approximate surface area is 139 Å². The van der Waals surface area contributed by atoms with E-state index in [2.05, 4.69) is 33.0 Å². The molecule has 1 aromatic carbocycles. The first-order valence-corrected chi connectivity index (χ1v) is 8.46. The van der Waals surface area contributed by atoms with Crippen LogP contribution in [0.4, 0.5) is 0 Å². The largest absolute Gasteiger partial charge is 0.378 e. The number of hydrogen-bond donors (Lipinski definition) is 0. The molecule has 1 amide bonds. The highest BCUT2D eigenvalue weighted by molar-refractivity contribution is 9.10. The fourth-order valence-corrected chi connectivity index (χ4v) is 3.28. The van der Waals surface area contributed by atoms with Crippen LogP contribution in [0.1, 0.15) is 11.7 Å². The SMILES string of the molecule is O=C(CN1CCOC(c2cccc(Br)c2)C1)N1CCOCC1. The van der Waals surface area contributed by atoms with E-state index in [1.165, 1.54) is 0 Å². The lowest BCUT2D eigenvalue weighted by atomic mass is 10.1. The summed E-state index contributed by atoms with van der Waals surface area (Å²) in [6.45, 7) is 5.40. The highest BCUT2D eigenvalue weighted by Gasteiger charge is 2.25. The molecule has 2 aliphatic rings. The van der Waals surface area contributed by atoms with Gasteiger partial charge in [-0.25, -0.2) is 0 Å². The molecule has 6 heteroatoms. The number of hydrogen-bond acceptors (Lipinski definition) is 4. The maximum absolute atomic E-state index is 12.3. The monoisotopic (exact) mass is 368 g/mol. The molecule has 2 heterocycles. The van der Waals surface area contributed by atoms with Gasteiger partial charge >= 0.3 is 0 Å². The first-order chi connectivity index (χ1) is 10.7. The van der Waals surface area contributed by atoms with E-state index in [1.807, 2.05) is 17.0 Å². The molecular weight excluding hydrogens is 348 g/mol.